The summed E-state index contributed by atoms with van der Waals surface area (Å²) in [6, 6.07) is 1.90. The van der Waals surface area contributed by atoms with E-state index < -0.39 is 0 Å². The second-order valence-corrected chi connectivity index (χ2v) is 4.45. The van der Waals surface area contributed by atoms with Gasteiger partial charge in [-0.05, 0) is 24.8 Å². The Morgan fingerprint density at radius 1 is 1.57 bits per heavy atom. The highest BCUT2D eigenvalue weighted by Crippen LogP contribution is 2.34. The van der Waals surface area contributed by atoms with Crippen molar-refractivity contribution in [3.8, 4) is 0 Å². The van der Waals surface area contributed by atoms with Gasteiger partial charge in [0.05, 0.1) is 5.56 Å². The Labute approximate surface area is 84.3 Å². The maximum absolute atomic E-state index is 10.8. The van der Waals surface area contributed by atoms with E-state index in [1.807, 2.05) is 19.9 Å². The van der Waals surface area contributed by atoms with Crippen LogP contribution in [0.5, 0.6) is 0 Å². The molecule has 1 aromatic heterocycles. The van der Waals surface area contributed by atoms with Crippen LogP contribution in [0.4, 0.5) is 0 Å². The van der Waals surface area contributed by atoms with Crippen LogP contribution < -0.4 is 0 Å². The van der Waals surface area contributed by atoms with Crippen molar-refractivity contribution in [2.24, 2.45) is 5.92 Å². The van der Waals surface area contributed by atoms with Crippen molar-refractivity contribution in [2.75, 3.05) is 0 Å². The highest BCUT2D eigenvalue weighted by atomic mass is 16.3. The number of carbonyl (C=O) groups excluding carboxylic acids is 1. The number of hydrogen-bond donors (Lipinski definition) is 0. The number of rotatable bonds is 4. The SMILES string of the molecule is CC(C)c1oc(CC2CC2)cc1C=O. The van der Waals surface area contributed by atoms with Crippen LogP contribution >= 0.6 is 0 Å². The van der Waals surface area contributed by atoms with E-state index in [9.17, 15) is 4.79 Å². The van der Waals surface area contributed by atoms with E-state index in [1.165, 1.54) is 12.8 Å². The number of carbonyl (C=O) groups is 1. The van der Waals surface area contributed by atoms with E-state index in [2.05, 4.69) is 0 Å². The molecule has 14 heavy (non-hydrogen) atoms. The van der Waals surface area contributed by atoms with E-state index in [4.69, 9.17) is 4.42 Å². The molecule has 1 aliphatic rings. The monoisotopic (exact) mass is 192 g/mol. The molecule has 2 heteroatoms. The molecule has 0 unspecified atom stereocenters. The van der Waals surface area contributed by atoms with Gasteiger partial charge < -0.3 is 4.42 Å². The fourth-order valence-corrected chi connectivity index (χ4v) is 1.72. The van der Waals surface area contributed by atoms with E-state index in [-0.39, 0.29) is 0 Å². The normalized spacial score (nSPS) is 16.2. The quantitative estimate of drug-likeness (QED) is 0.686. The highest BCUT2D eigenvalue weighted by Gasteiger charge is 2.24. The minimum atomic E-state index is 0.295. The van der Waals surface area contributed by atoms with Crippen LogP contribution in [0.1, 0.15) is 54.5 Å². The molecule has 0 saturated heterocycles. The predicted molar refractivity (Wildman–Crippen MR) is 54.6 cm³/mol. The first-order chi connectivity index (χ1) is 6.70. The molecular weight excluding hydrogens is 176 g/mol. The lowest BCUT2D eigenvalue weighted by Gasteiger charge is -2.00. The molecule has 0 amide bonds. The standard InChI is InChI=1S/C12H16O2/c1-8(2)12-10(7-13)6-11(14-12)5-9-3-4-9/h6-9H,3-5H2,1-2H3. The van der Waals surface area contributed by atoms with Gasteiger partial charge in [-0.3, -0.25) is 4.79 Å². The fourth-order valence-electron chi connectivity index (χ4n) is 1.72. The molecule has 2 nitrogen and oxygen atoms in total. The van der Waals surface area contributed by atoms with Crippen LogP contribution in [-0.4, -0.2) is 6.29 Å². The summed E-state index contributed by atoms with van der Waals surface area (Å²) in [5, 5.41) is 0. The topological polar surface area (TPSA) is 30.2 Å². The molecule has 1 fully saturated rings. The molecule has 0 bridgehead atoms. The molecule has 1 heterocycles. The van der Waals surface area contributed by atoms with Crippen LogP contribution in [0.25, 0.3) is 0 Å². The lowest BCUT2D eigenvalue weighted by molar-refractivity contribution is 0.112. The Hall–Kier alpha value is -1.05. The van der Waals surface area contributed by atoms with Crippen molar-refractivity contribution in [3.05, 3.63) is 23.2 Å². The van der Waals surface area contributed by atoms with Crippen LogP contribution in [0.3, 0.4) is 0 Å². The smallest absolute Gasteiger partial charge is 0.153 e. The molecule has 1 aliphatic carbocycles. The Morgan fingerprint density at radius 2 is 2.29 bits per heavy atom. The summed E-state index contributed by atoms with van der Waals surface area (Å²) in [5.41, 5.74) is 0.732. The van der Waals surface area contributed by atoms with Crippen molar-refractivity contribution < 1.29 is 9.21 Å². The minimum absolute atomic E-state index is 0.295. The molecular formula is C12H16O2. The van der Waals surface area contributed by atoms with E-state index >= 15 is 0 Å². The van der Waals surface area contributed by atoms with Gasteiger partial charge in [0.2, 0.25) is 0 Å². The zero-order chi connectivity index (χ0) is 10.1. The van der Waals surface area contributed by atoms with Gasteiger partial charge in [0, 0.05) is 12.3 Å². The Morgan fingerprint density at radius 3 is 2.71 bits per heavy atom. The summed E-state index contributed by atoms with van der Waals surface area (Å²) in [7, 11) is 0. The third-order valence-corrected chi connectivity index (χ3v) is 2.68. The van der Waals surface area contributed by atoms with Crippen molar-refractivity contribution in [1.82, 2.24) is 0 Å². The highest BCUT2D eigenvalue weighted by molar-refractivity contribution is 5.76. The van der Waals surface area contributed by atoms with Crippen molar-refractivity contribution >= 4 is 6.29 Å². The fraction of sp³-hybridized carbons (Fsp3) is 0.583. The van der Waals surface area contributed by atoms with Crippen LogP contribution in [0.15, 0.2) is 10.5 Å². The van der Waals surface area contributed by atoms with Gasteiger partial charge in [-0.2, -0.15) is 0 Å². The van der Waals surface area contributed by atoms with E-state index in [0.29, 0.717) is 5.92 Å². The molecule has 1 aromatic rings. The third kappa shape index (κ3) is 1.89. The largest absolute Gasteiger partial charge is 0.465 e. The predicted octanol–water partition coefficient (Wildman–Crippen LogP) is 3.17. The summed E-state index contributed by atoms with van der Waals surface area (Å²) in [6.07, 6.45) is 4.53. The van der Waals surface area contributed by atoms with Crippen molar-refractivity contribution in [3.63, 3.8) is 0 Å². The molecule has 0 N–H and O–H groups in total. The molecule has 0 spiro atoms. The maximum atomic E-state index is 10.8. The lowest BCUT2D eigenvalue weighted by atomic mass is 10.1. The van der Waals surface area contributed by atoms with E-state index in [0.717, 1.165) is 35.7 Å². The summed E-state index contributed by atoms with van der Waals surface area (Å²) in [4.78, 5) is 10.8. The summed E-state index contributed by atoms with van der Waals surface area (Å²) in [5.74, 6) is 2.93. The molecule has 1 saturated carbocycles. The van der Waals surface area contributed by atoms with Gasteiger partial charge in [-0.1, -0.05) is 13.8 Å². The molecule has 76 valence electrons. The summed E-state index contributed by atoms with van der Waals surface area (Å²) < 4.78 is 5.69. The van der Waals surface area contributed by atoms with Gasteiger partial charge in [-0.25, -0.2) is 0 Å². The van der Waals surface area contributed by atoms with Crippen LogP contribution in [0, 0.1) is 5.92 Å². The van der Waals surface area contributed by atoms with Crippen LogP contribution in [-0.2, 0) is 6.42 Å². The van der Waals surface area contributed by atoms with E-state index in [1.54, 1.807) is 0 Å². The first-order valence-electron chi connectivity index (χ1n) is 5.28. The first-order valence-corrected chi connectivity index (χ1v) is 5.28. The van der Waals surface area contributed by atoms with Crippen molar-refractivity contribution in [1.29, 1.82) is 0 Å². The maximum Gasteiger partial charge on any atom is 0.153 e. The Bertz CT molecular complexity index is 332. The molecule has 0 aliphatic heterocycles. The summed E-state index contributed by atoms with van der Waals surface area (Å²) >= 11 is 0. The van der Waals surface area contributed by atoms with Gasteiger partial charge in [0.25, 0.3) is 0 Å². The molecule has 0 aromatic carbocycles. The van der Waals surface area contributed by atoms with Crippen molar-refractivity contribution in [2.45, 2.75) is 39.0 Å². The third-order valence-electron chi connectivity index (χ3n) is 2.68. The van der Waals surface area contributed by atoms with Crippen LogP contribution in [0.2, 0.25) is 0 Å². The Balaban J connectivity index is 2.20. The lowest BCUT2D eigenvalue weighted by Crippen LogP contribution is -1.88. The average molecular weight is 192 g/mol. The average Bonchev–Trinajstić information content (AvgIpc) is 2.83. The number of aldehydes is 1. The zero-order valence-corrected chi connectivity index (χ0v) is 8.75. The van der Waals surface area contributed by atoms with Gasteiger partial charge >= 0.3 is 0 Å². The molecule has 0 radical (unpaired) electrons. The summed E-state index contributed by atoms with van der Waals surface area (Å²) in [6.45, 7) is 4.10. The van der Waals surface area contributed by atoms with Gasteiger partial charge in [0.15, 0.2) is 6.29 Å². The molecule has 2 rings (SSSR count). The minimum Gasteiger partial charge on any atom is -0.465 e. The second kappa shape index (κ2) is 3.60. The Kier molecular flexibility index (Phi) is 2.44. The number of hydrogen-bond acceptors (Lipinski definition) is 2. The number of furan rings is 1. The zero-order valence-electron chi connectivity index (χ0n) is 8.75. The first kappa shape index (κ1) is 9.50. The second-order valence-electron chi connectivity index (χ2n) is 4.45. The van der Waals surface area contributed by atoms with Gasteiger partial charge in [0.1, 0.15) is 11.5 Å². The van der Waals surface area contributed by atoms with Gasteiger partial charge in [-0.15, -0.1) is 0 Å². The molecule has 0 atom stereocenters.